The molecule has 1 aliphatic heterocycles. The molecule has 1 atom stereocenters. The molecule has 1 saturated heterocycles. The summed E-state index contributed by atoms with van der Waals surface area (Å²) in [5.74, 6) is 0.257. The van der Waals surface area contributed by atoms with Crippen LogP contribution in [0, 0.1) is 5.92 Å². The van der Waals surface area contributed by atoms with Gasteiger partial charge in [-0.1, -0.05) is 17.7 Å². The van der Waals surface area contributed by atoms with E-state index < -0.39 is 0 Å². The van der Waals surface area contributed by atoms with E-state index in [1.807, 2.05) is 40.6 Å². The molecule has 1 fully saturated rings. The van der Waals surface area contributed by atoms with E-state index in [1.165, 1.54) is 0 Å². The number of halogens is 1. The van der Waals surface area contributed by atoms with Crippen LogP contribution in [0.3, 0.4) is 0 Å². The lowest BCUT2D eigenvalue weighted by molar-refractivity contribution is -0.127. The van der Waals surface area contributed by atoms with Crippen LogP contribution < -0.4 is 0 Å². The van der Waals surface area contributed by atoms with E-state index in [9.17, 15) is 9.90 Å². The lowest BCUT2D eigenvalue weighted by atomic mass is 9.92. The standard InChI is InChI=1S/C17H20ClN3O2/c1-12(22)13-7-10-20(11-8-13)16(23)6-5-14-17(18)19-15-4-2-3-9-21(14)15/h2-6,9,12-13,22H,7-8,10-11H2,1H3. The van der Waals surface area contributed by atoms with Crippen molar-refractivity contribution in [1.29, 1.82) is 0 Å². The summed E-state index contributed by atoms with van der Waals surface area (Å²) in [6, 6.07) is 5.65. The van der Waals surface area contributed by atoms with Gasteiger partial charge in [0.1, 0.15) is 5.65 Å². The molecule has 0 spiro atoms. The smallest absolute Gasteiger partial charge is 0.246 e. The zero-order chi connectivity index (χ0) is 16.4. The molecular formula is C17H20ClN3O2. The van der Waals surface area contributed by atoms with E-state index in [2.05, 4.69) is 4.98 Å². The van der Waals surface area contributed by atoms with Crippen LogP contribution in [-0.2, 0) is 4.79 Å². The highest BCUT2D eigenvalue weighted by Gasteiger charge is 2.24. The van der Waals surface area contributed by atoms with Gasteiger partial charge in [-0.15, -0.1) is 0 Å². The number of aromatic nitrogens is 2. The van der Waals surface area contributed by atoms with Crippen LogP contribution >= 0.6 is 11.6 Å². The minimum atomic E-state index is -0.306. The number of carbonyl (C=O) groups is 1. The quantitative estimate of drug-likeness (QED) is 0.878. The molecule has 2 aromatic rings. The second kappa shape index (κ2) is 6.72. The molecule has 1 amide bonds. The fourth-order valence-electron chi connectivity index (χ4n) is 2.99. The van der Waals surface area contributed by atoms with Crippen molar-refractivity contribution in [2.75, 3.05) is 13.1 Å². The maximum absolute atomic E-state index is 12.3. The Bertz CT molecular complexity index is 731. The molecule has 0 bridgehead atoms. The molecule has 0 aromatic carbocycles. The van der Waals surface area contributed by atoms with Crippen LogP contribution in [0.5, 0.6) is 0 Å². The maximum Gasteiger partial charge on any atom is 0.246 e. The van der Waals surface area contributed by atoms with E-state index in [1.54, 1.807) is 12.2 Å². The monoisotopic (exact) mass is 333 g/mol. The largest absolute Gasteiger partial charge is 0.393 e. The molecule has 3 rings (SSSR count). The van der Waals surface area contributed by atoms with E-state index in [0.29, 0.717) is 23.9 Å². The van der Waals surface area contributed by atoms with Gasteiger partial charge in [0, 0.05) is 25.4 Å². The summed E-state index contributed by atoms with van der Waals surface area (Å²) < 4.78 is 1.85. The fraction of sp³-hybridized carbons (Fsp3) is 0.412. The Morgan fingerprint density at radius 1 is 1.43 bits per heavy atom. The van der Waals surface area contributed by atoms with Crippen LogP contribution in [0.15, 0.2) is 30.5 Å². The number of likely N-dealkylation sites (tertiary alicyclic amines) is 1. The minimum Gasteiger partial charge on any atom is -0.393 e. The van der Waals surface area contributed by atoms with E-state index in [4.69, 9.17) is 11.6 Å². The van der Waals surface area contributed by atoms with Crippen molar-refractivity contribution in [3.8, 4) is 0 Å². The molecule has 1 aliphatic rings. The summed E-state index contributed by atoms with van der Waals surface area (Å²) >= 11 is 6.15. The summed E-state index contributed by atoms with van der Waals surface area (Å²) in [5, 5.41) is 10.0. The third-order valence-electron chi connectivity index (χ3n) is 4.44. The number of hydrogen-bond donors (Lipinski definition) is 1. The summed E-state index contributed by atoms with van der Waals surface area (Å²) in [6.07, 6.45) is 6.50. The van der Waals surface area contributed by atoms with Gasteiger partial charge in [0.2, 0.25) is 5.91 Å². The number of hydrogen-bond acceptors (Lipinski definition) is 3. The molecule has 5 nitrogen and oxygen atoms in total. The zero-order valence-electron chi connectivity index (χ0n) is 13.0. The zero-order valence-corrected chi connectivity index (χ0v) is 13.8. The molecule has 6 heteroatoms. The first-order chi connectivity index (χ1) is 11.1. The number of rotatable bonds is 3. The Hall–Kier alpha value is -1.85. The van der Waals surface area contributed by atoms with Crippen molar-refractivity contribution < 1.29 is 9.90 Å². The van der Waals surface area contributed by atoms with Gasteiger partial charge in [-0.3, -0.25) is 9.20 Å². The molecule has 1 N–H and O–H groups in total. The fourth-order valence-corrected chi connectivity index (χ4v) is 3.23. The summed E-state index contributed by atoms with van der Waals surface area (Å²) in [4.78, 5) is 18.4. The maximum atomic E-state index is 12.3. The van der Waals surface area contributed by atoms with Crippen LogP contribution in [-0.4, -0.2) is 44.5 Å². The predicted octanol–water partition coefficient (Wildman–Crippen LogP) is 2.62. The van der Waals surface area contributed by atoms with E-state index >= 15 is 0 Å². The van der Waals surface area contributed by atoms with Gasteiger partial charge in [-0.25, -0.2) is 4.98 Å². The second-order valence-electron chi connectivity index (χ2n) is 5.95. The normalized spacial score (nSPS) is 18.0. The second-order valence-corrected chi connectivity index (χ2v) is 6.31. The van der Waals surface area contributed by atoms with Crippen molar-refractivity contribution in [3.05, 3.63) is 41.3 Å². The number of aliphatic hydroxyl groups is 1. The molecule has 0 aliphatic carbocycles. The van der Waals surface area contributed by atoms with Crippen molar-refractivity contribution in [2.45, 2.75) is 25.9 Å². The van der Waals surface area contributed by atoms with Gasteiger partial charge in [0.25, 0.3) is 0 Å². The highest BCUT2D eigenvalue weighted by molar-refractivity contribution is 6.31. The molecule has 122 valence electrons. The lowest BCUT2D eigenvalue weighted by Crippen LogP contribution is -2.39. The van der Waals surface area contributed by atoms with Crippen molar-refractivity contribution >= 4 is 29.2 Å². The van der Waals surface area contributed by atoms with Crippen molar-refractivity contribution in [3.63, 3.8) is 0 Å². The predicted molar refractivity (Wildman–Crippen MR) is 90.2 cm³/mol. The van der Waals surface area contributed by atoms with Crippen LogP contribution in [0.4, 0.5) is 0 Å². The molecule has 0 radical (unpaired) electrons. The van der Waals surface area contributed by atoms with Crippen LogP contribution in [0.2, 0.25) is 5.15 Å². The number of aliphatic hydroxyl groups excluding tert-OH is 1. The Morgan fingerprint density at radius 3 is 2.87 bits per heavy atom. The first kappa shape index (κ1) is 16.0. The SMILES string of the molecule is CC(O)C1CCN(C(=O)C=Cc2c(Cl)nc3ccccn23)CC1. The summed E-state index contributed by atoms with van der Waals surface area (Å²) in [6.45, 7) is 3.17. The van der Waals surface area contributed by atoms with Gasteiger partial charge in [-0.05, 0) is 43.9 Å². The Kier molecular flexibility index (Phi) is 4.68. The molecule has 23 heavy (non-hydrogen) atoms. The van der Waals surface area contributed by atoms with Crippen molar-refractivity contribution in [2.24, 2.45) is 5.92 Å². The third-order valence-corrected chi connectivity index (χ3v) is 4.72. The number of imidazole rings is 1. The average molecular weight is 334 g/mol. The highest BCUT2D eigenvalue weighted by atomic mass is 35.5. The highest BCUT2D eigenvalue weighted by Crippen LogP contribution is 2.22. The number of pyridine rings is 1. The van der Waals surface area contributed by atoms with Crippen molar-refractivity contribution in [1.82, 2.24) is 14.3 Å². The first-order valence-electron chi connectivity index (χ1n) is 7.84. The topological polar surface area (TPSA) is 57.8 Å². The summed E-state index contributed by atoms with van der Waals surface area (Å²) in [5.41, 5.74) is 1.46. The van der Waals surface area contributed by atoms with Gasteiger partial charge < -0.3 is 10.0 Å². The summed E-state index contributed by atoms with van der Waals surface area (Å²) in [7, 11) is 0. The number of nitrogens with zero attached hydrogens (tertiary/aromatic N) is 3. The lowest BCUT2D eigenvalue weighted by Gasteiger charge is -2.32. The van der Waals surface area contributed by atoms with E-state index in [-0.39, 0.29) is 17.9 Å². The Morgan fingerprint density at radius 2 is 2.17 bits per heavy atom. The van der Waals surface area contributed by atoms with Gasteiger partial charge in [-0.2, -0.15) is 0 Å². The van der Waals surface area contributed by atoms with Gasteiger partial charge in [0.15, 0.2) is 5.15 Å². The number of piperidine rings is 1. The van der Waals surface area contributed by atoms with Gasteiger partial charge in [0.05, 0.1) is 11.8 Å². The van der Waals surface area contributed by atoms with Crippen LogP contribution in [0.1, 0.15) is 25.5 Å². The molecule has 0 saturated carbocycles. The number of carbonyl (C=O) groups excluding carboxylic acids is 1. The number of amides is 1. The molecular weight excluding hydrogens is 314 g/mol. The Labute approximate surface area is 140 Å². The minimum absolute atomic E-state index is 0.0315. The molecule has 2 aromatic heterocycles. The molecule has 1 unspecified atom stereocenters. The first-order valence-corrected chi connectivity index (χ1v) is 8.21. The third kappa shape index (κ3) is 3.41. The van der Waals surface area contributed by atoms with Crippen LogP contribution in [0.25, 0.3) is 11.7 Å². The van der Waals surface area contributed by atoms with E-state index in [0.717, 1.165) is 18.5 Å². The molecule has 3 heterocycles. The average Bonchev–Trinajstić information content (AvgIpc) is 2.88. The van der Waals surface area contributed by atoms with Gasteiger partial charge >= 0.3 is 0 Å². The Balaban J connectivity index is 1.70. The number of fused-ring (bicyclic) bond motifs is 1.